The fraction of sp³-hybridized carbons (Fsp3) is 1.00. The third-order valence-corrected chi connectivity index (χ3v) is 8.86. The largest absolute Gasteiger partial charge is 0.331 e. The van der Waals surface area contributed by atoms with Crippen LogP contribution in [0, 0.1) is 0 Å². The van der Waals surface area contributed by atoms with E-state index >= 15 is 0 Å². The molecule has 47 heavy (non-hydrogen) atoms. The van der Waals surface area contributed by atoms with Crippen LogP contribution in [0.1, 0.15) is 206 Å². The minimum absolute atomic E-state index is 0.715. The van der Waals surface area contributed by atoms with Crippen LogP contribution in [0.5, 0.6) is 0 Å². The first-order chi connectivity index (χ1) is 22.1. The molecule has 0 heterocycles. The Morgan fingerprint density at radius 1 is 0.340 bits per heavy atom. The van der Waals surface area contributed by atoms with Gasteiger partial charge in [-0.2, -0.15) is 8.42 Å². The van der Waals surface area contributed by atoms with Crippen molar-refractivity contribution >= 4 is 10.1 Å². The van der Waals surface area contributed by atoms with Crippen molar-refractivity contribution in [3.63, 3.8) is 0 Å². The van der Waals surface area contributed by atoms with Crippen LogP contribution in [0.3, 0.4) is 0 Å². The second-order valence-electron chi connectivity index (χ2n) is 16.7. The lowest BCUT2D eigenvalue weighted by molar-refractivity contribution is -0.870. The Morgan fingerprint density at radius 3 is 0.596 bits per heavy atom. The first-order valence-corrected chi connectivity index (χ1v) is 22.5. The smallest absolute Gasteiger partial charge is 0.261 e. The van der Waals surface area contributed by atoms with E-state index in [1.165, 1.54) is 206 Å². The van der Waals surface area contributed by atoms with Crippen LogP contribution in [0.2, 0.25) is 0 Å². The maximum absolute atomic E-state index is 9.19. The normalized spacial score (nSPS) is 12.0. The molecule has 0 saturated carbocycles. The predicted octanol–water partition coefficient (Wildman–Crippen LogP) is 12.6. The Labute approximate surface area is 299 Å². The van der Waals surface area contributed by atoms with Gasteiger partial charge in [0.25, 0.3) is 10.1 Å². The van der Waals surface area contributed by atoms with E-state index in [4.69, 9.17) is 4.55 Å². The van der Waals surface area contributed by atoms with Gasteiger partial charge in [0, 0.05) is 0 Å². The topological polar surface area (TPSA) is 54.4 Å². The molecular formula is C41H92N2O3S+2. The number of quaternary nitrogens is 2. The van der Waals surface area contributed by atoms with Gasteiger partial charge < -0.3 is 8.97 Å². The number of unbranched alkanes of at least 4 members (excludes halogenated alkanes) is 28. The summed E-state index contributed by atoms with van der Waals surface area (Å²) in [5, 5.41) is 0. The van der Waals surface area contributed by atoms with Gasteiger partial charge in [0.15, 0.2) is 0 Å². The SMILES string of the molecule is CCCCCCCCCCCCCCCCCC[N+](C)(C)C.CCCCCCCCCCCCCCCC[N+](C)(C)C.CS(=O)(=O)O. The summed E-state index contributed by atoms with van der Waals surface area (Å²) in [6.45, 7) is 7.25. The molecule has 0 aliphatic carbocycles. The summed E-state index contributed by atoms with van der Waals surface area (Å²) < 4.78 is 28.1. The summed E-state index contributed by atoms with van der Waals surface area (Å²) in [4.78, 5) is 0. The van der Waals surface area contributed by atoms with Crippen LogP contribution < -0.4 is 0 Å². The van der Waals surface area contributed by atoms with Gasteiger partial charge in [-0.3, -0.25) is 4.55 Å². The summed E-state index contributed by atoms with van der Waals surface area (Å²) in [7, 11) is 10.1. The van der Waals surface area contributed by atoms with E-state index < -0.39 is 10.1 Å². The third-order valence-electron chi connectivity index (χ3n) is 8.86. The van der Waals surface area contributed by atoms with Crippen molar-refractivity contribution in [1.29, 1.82) is 0 Å². The molecule has 6 heteroatoms. The van der Waals surface area contributed by atoms with Crippen LogP contribution >= 0.6 is 0 Å². The molecule has 0 radical (unpaired) electrons. The van der Waals surface area contributed by atoms with E-state index in [1.54, 1.807) is 0 Å². The zero-order chi connectivity index (χ0) is 36.1. The predicted molar refractivity (Wildman–Crippen MR) is 213 cm³/mol. The first-order valence-electron chi connectivity index (χ1n) is 20.7. The summed E-state index contributed by atoms with van der Waals surface area (Å²) in [6, 6.07) is 0. The minimum Gasteiger partial charge on any atom is -0.331 e. The molecule has 0 bridgehead atoms. The number of nitrogens with zero attached hydrogens (tertiary/aromatic N) is 2. The molecule has 0 spiro atoms. The highest BCUT2D eigenvalue weighted by Crippen LogP contribution is 2.15. The highest BCUT2D eigenvalue weighted by molar-refractivity contribution is 7.85. The molecule has 0 aromatic heterocycles. The first kappa shape index (κ1) is 51.2. The zero-order valence-corrected chi connectivity index (χ0v) is 35.0. The van der Waals surface area contributed by atoms with Gasteiger partial charge in [0.05, 0.1) is 61.6 Å². The molecule has 0 fully saturated rings. The van der Waals surface area contributed by atoms with Crippen molar-refractivity contribution in [3.05, 3.63) is 0 Å². The van der Waals surface area contributed by atoms with Crippen LogP contribution in [0.15, 0.2) is 0 Å². The molecule has 0 atom stereocenters. The van der Waals surface area contributed by atoms with Crippen molar-refractivity contribution in [1.82, 2.24) is 0 Å². The van der Waals surface area contributed by atoms with Crippen molar-refractivity contribution in [2.45, 2.75) is 206 Å². The third kappa shape index (κ3) is 68.6. The zero-order valence-electron chi connectivity index (χ0n) is 34.2. The van der Waals surface area contributed by atoms with Crippen LogP contribution in [0.4, 0.5) is 0 Å². The molecule has 0 aromatic carbocycles. The molecule has 0 rings (SSSR count). The maximum atomic E-state index is 9.19. The van der Waals surface area contributed by atoms with Crippen molar-refractivity contribution in [3.8, 4) is 0 Å². The lowest BCUT2D eigenvalue weighted by Crippen LogP contribution is -2.35. The van der Waals surface area contributed by atoms with E-state index in [9.17, 15) is 8.42 Å². The molecule has 0 unspecified atom stereocenters. The van der Waals surface area contributed by atoms with Crippen molar-refractivity contribution in [2.75, 3.05) is 61.6 Å². The fourth-order valence-electron chi connectivity index (χ4n) is 5.91. The summed E-state index contributed by atoms with van der Waals surface area (Å²) >= 11 is 0. The Hall–Kier alpha value is -0.170. The van der Waals surface area contributed by atoms with Gasteiger partial charge in [-0.1, -0.05) is 181 Å². The maximum Gasteiger partial charge on any atom is 0.261 e. The van der Waals surface area contributed by atoms with Crippen molar-refractivity contribution < 1.29 is 21.9 Å². The van der Waals surface area contributed by atoms with E-state index in [2.05, 4.69) is 56.1 Å². The molecule has 288 valence electrons. The van der Waals surface area contributed by atoms with Gasteiger partial charge in [0.2, 0.25) is 0 Å². The Kier molecular flexibility index (Phi) is 40.4. The summed E-state index contributed by atoms with van der Waals surface area (Å²) in [6.07, 6.45) is 44.4. The lowest BCUT2D eigenvalue weighted by Gasteiger charge is -2.23. The standard InChI is InChI=1S/C21H46N.C19H42N.CH4O3S/c1-5-6-7-8-9-10-11-12-13-14-15-16-17-18-19-20-21-22(2,3)4;1-5-6-7-8-9-10-11-12-13-14-15-16-17-18-19-20(2,3)4;1-5(2,3)4/h5-21H2,1-4H3;5-19H2,1-4H3;1H3,(H,2,3,4)/q2*+1;. The number of hydrogen-bond donors (Lipinski definition) is 1. The average Bonchev–Trinajstić information content (AvgIpc) is 2.95. The monoisotopic (exact) mass is 693 g/mol. The van der Waals surface area contributed by atoms with E-state index in [0.29, 0.717) is 6.26 Å². The highest BCUT2D eigenvalue weighted by Gasteiger charge is 2.06. The van der Waals surface area contributed by atoms with Crippen LogP contribution in [-0.4, -0.2) is 83.6 Å². The molecule has 0 saturated heterocycles. The quantitative estimate of drug-likeness (QED) is 0.0434. The van der Waals surface area contributed by atoms with E-state index in [1.807, 2.05) is 0 Å². The lowest BCUT2D eigenvalue weighted by atomic mass is 10.0. The van der Waals surface area contributed by atoms with Gasteiger partial charge in [-0.05, 0) is 25.7 Å². The van der Waals surface area contributed by atoms with Gasteiger partial charge in [-0.25, -0.2) is 0 Å². The second-order valence-corrected chi connectivity index (χ2v) is 18.1. The highest BCUT2D eigenvalue weighted by atomic mass is 32.2. The summed E-state index contributed by atoms with van der Waals surface area (Å²) in [5.74, 6) is 0. The number of rotatable bonds is 32. The molecule has 1 N–H and O–H groups in total. The van der Waals surface area contributed by atoms with Gasteiger partial charge in [-0.15, -0.1) is 0 Å². The average molecular weight is 693 g/mol. The number of hydrogen-bond acceptors (Lipinski definition) is 2. The second kappa shape index (κ2) is 37.1. The fourth-order valence-corrected chi connectivity index (χ4v) is 5.91. The van der Waals surface area contributed by atoms with Gasteiger partial charge in [0.1, 0.15) is 0 Å². The molecule has 0 aliphatic heterocycles. The van der Waals surface area contributed by atoms with Gasteiger partial charge >= 0.3 is 0 Å². The van der Waals surface area contributed by atoms with Crippen LogP contribution in [-0.2, 0) is 10.1 Å². The minimum atomic E-state index is -3.67. The van der Waals surface area contributed by atoms with Crippen LogP contribution in [0.25, 0.3) is 0 Å². The van der Waals surface area contributed by atoms with E-state index in [0.717, 1.165) is 8.97 Å². The molecule has 0 aliphatic rings. The molecule has 0 amide bonds. The molecular weight excluding hydrogens is 601 g/mol. The Morgan fingerprint density at radius 2 is 0.468 bits per heavy atom. The Balaban J connectivity index is -0.000000721. The molecule has 5 nitrogen and oxygen atoms in total. The summed E-state index contributed by atoms with van der Waals surface area (Å²) in [5.41, 5.74) is 0. The molecule has 0 aromatic rings. The van der Waals surface area contributed by atoms with Crippen molar-refractivity contribution in [2.24, 2.45) is 0 Å². The Bertz CT molecular complexity index is 676. The van der Waals surface area contributed by atoms with E-state index in [-0.39, 0.29) is 0 Å².